The fourth-order valence-corrected chi connectivity index (χ4v) is 5.45. The zero-order valence-electron chi connectivity index (χ0n) is 29.1. The van der Waals surface area contributed by atoms with Crippen molar-refractivity contribution in [2.45, 2.75) is 38.4 Å². The smallest absolute Gasteiger partial charge is 0.422 e. The first-order valence-electron chi connectivity index (χ1n) is 16.7. The minimum Gasteiger partial charge on any atom is -0.454 e. The minimum absolute atomic E-state index is 0.00929. The fourth-order valence-electron chi connectivity index (χ4n) is 5.32. The van der Waals surface area contributed by atoms with Gasteiger partial charge in [-0.3, -0.25) is 19.4 Å². The highest BCUT2D eigenvalue weighted by Crippen LogP contribution is 2.48. The van der Waals surface area contributed by atoms with E-state index in [0.29, 0.717) is 27.5 Å². The third-order valence-corrected chi connectivity index (χ3v) is 8.66. The number of anilines is 4. The molecule has 13 nitrogen and oxygen atoms in total. The Labute approximate surface area is 312 Å². The maximum absolute atomic E-state index is 13.0. The third kappa shape index (κ3) is 10.1. The van der Waals surface area contributed by atoms with E-state index in [0.717, 1.165) is 23.8 Å². The Morgan fingerprint density at radius 3 is 2.22 bits per heavy atom. The Morgan fingerprint density at radius 2 is 1.52 bits per heavy atom. The zero-order valence-corrected chi connectivity index (χ0v) is 29.8. The average Bonchev–Trinajstić information content (AvgIpc) is 3.92. The van der Waals surface area contributed by atoms with Crippen molar-refractivity contribution in [2.24, 2.45) is 5.41 Å². The van der Waals surface area contributed by atoms with E-state index in [1.54, 1.807) is 66.9 Å². The normalized spacial score (nSPS) is 13.4. The standard InChI is InChI=1S/C37H35ClF3N9O4/c1-35(2,20-44-30(52)31(53)45-27-14-5-22-4-3-17-42-28(22)18-27)19-43-29(51)23-6-12-26(13-7-23)46-32-47-33(49-34(48-32)54-21-37(39,40)41)50-36(15-16-36)24-8-10-25(38)11-9-24/h3-14,17-18H,15-16,19-21H2,1-2H3,(H,43,51)(H,44,52)(H,45,53)(H2,46,47,48,49,50). The summed E-state index contributed by atoms with van der Waals surface area (Å²) in [5.41, 5.74) is 1.63. The largest absolute Gasteiger partial charge is 0.454 e. The number of amides is 3. The van der Waals surface area contributed by atoms with E-state index in [-0.39, 0.29) is 25.0 Å². The summed E-state index contributed by atoms with van der Waals surface area (Å²) in [4.78, 5) is 54.7. The first-order valence-corrected chi connectivity index (χ1v) is 17.1. The SMILES string of the molecule is CC(C)(CNC(=O)C(=O)Nc1ccc2cccnc2c1)CNC(=O)c1ccc(Nc2nc(NC3(c4ccc(Cl)cc4)CC3)nc(OCC(F)(F)F)n2)cc1. The Morgan fingerprint density at radius 1 is 0.833 bits per heavy atom. The first kappa shape index (κ1) is 37.7. The number of fused-ring (bicyclic) bond motifs is 1. The van der Waals surface area contributed by atoms with Gasteiger partial charge in [0.05, 0.1) is 11.1 Å². The molecule has 1 saturated carbocycles. The summed E-state index contributed by atoms with van der Waals surface area (Å²) in [6.07, 6.45) is -1.50. The van der Waals surface area contributed by atoms with Gasteiger partial charge in [0.15, 0.2) is 6.61 Å². The second-order valence-corrected chi connectivity index (χ2v) is 13.9. The van der Waals surface area contributed by atoms with Gasteiger partial charge >= 0.3 is 24.0 Å². The average molecular weight is 762 g/mol. The molecule has 0 saturated heterocycles. The molecule has 2 heterocycles. The second kappa shape index (κ2) is 15.5. The quantitative estimate of drug-likeness (QED) is 0.0850. The highest BCUT2D eigenvalue weighted by Gasteiger charge is 2.45. The molecule has 0 radical (unpaired) electrons. The molecule has 1 aliphatic rings. The van der Waals surface area contributed by atoms with E-state index in [2.05, 4.69) is 46.5 Å². The maximum Gasteiger partial charge on any atom is 0.422 e. The molecule has 3 aromatic carbocycles. The van der Waals surface area contributed by atoms with Crippen LogP contribution in [0.25, 0.3) is 10.9 Å². The summed E-state index contributed by atoms with van der Waals surface area (Å²) in [6.45, 7) is 2.31. The molecule has 0 bridgehead atoms. The molecule has 17 heteroatoms. The van der Waals surface area contributed by atoms with Crippen molar-refractivity contribution < 1.29 is 32.3 Å². The molecule has 0 unspecified atom stereocenters. The lowest BCUT2D eigenvalue weighted by Crippen LogP contribution is -2.44. The van der Waals surface area contributed by atoms with Gasteiger partial charge in [-0.05, 0) is 78.4 Å². The van der Waals surface area contributed by atoms with Crippen LogP contribution in [0.5, 0.6) is 6.01 Å². The van der Waals surface area contributed by atoms with Crippen LogP contribution in [-0.4, -0.2) is 63.5 Å². The number of benzene rings is 3. The minimum atomic E-state index is -4.61. The van der Waals surface area contributed by atoms with Gasteiger partial charge in [0.2, 0.25) is 11.9 Å². The molecule has 6 rings (SSSR count). The number of carbonyl (C=O) groups excluding carboxylic acids is 3. The Bertz CT molecular complexity index is 2160. The van der Waals surface area contributed by atoms with Gasteiger partial charge < -0.3 is 31.3 Å². The summed E-state index contributed by atoms with van der Waals surface area (Å²) < 4.78 is 43.7. The van der Waals surface area contributed by atoms with Crippen molar-refractivity contribution in [3.8, 4) is 6.01 Å². The van der Waals surface area contributed by atoms with Crippen LogP contribution in [0.15, 0.2) is 85.1 Å². The van der Waals surface area contributed by atoms with E-state index in [9.17, 15) is 27.6 Å². The van der Waals surface area contributed by atoms with Crippen LogP contribution in [0.1, 0.15) is 42.6 Å². The molecular weight excluding hydrogens is 727 g/mol. The molecule has 0 atom stereocenters. The van der Waals surface area contributed by atoms with Gasteiger partial charge in [0.25, 0.3) is 5.91 Å². The van der Waals surface area contributed by atoms with Gasteiger partial charge in [-0.2, -0.15) is 28.1 Å². The molecule has 54 heavy (non-hydrogen) atoms. The van der Waals surface area contributed by atoms with Crippen LogP contribution < -0.4 is 31.3 Å². The van der Waals surface area contributed by atoms with Crippen LogP contribution in [0.2, 0.25) is 5.02 Å². The molecule has 3 amide bonds. The van der Waals surface area contributed by atoms with Crippen molar-refractivity contribution in [2.75, 3.05) is 35.6 Å². The zero-order chi connectivity index (χ0) is 38.5. The number of hydrogen-bond donors (Lipinski definition) is 5. The molecule has 2 aromatic heterocycles. The number of aromatic nitrogens is 4. The molecule has 5 aromatic rings. The summed E-state index contributed by atoms with van der Waals surface area (Å²) in [7, 11) is 0. The van der Waals surface area contributed by atoms with Gasteiger partial charge in [0, 0.05) is 46.6 Å². The highest BCUT2D eigenvalue weighted by molar-refractivity contribution is 6.39. The number of pyridine rings is 1. The van der Waals surface area contributed by atoms with E-state index in [1.807, 2.05) is 32.0 Å². The van der Waals surface area contributed by atoms with Crippen LogP contribution in [0.3, 0.4) is 0 Å². The molecule has 0 aliphatic heterocycles. The van der Waals surface area contributed by atoms with Gasteiger partial charge in [-0.1, -0.05) is 49.7 Å². The van der Waals surface area contributed by atoms with Gasteiger partial charge in [-0.15, -0.1) is 0 Å². The van der Waals surface area contributed by atoms with E-state index in [1.165, 1.54) is 0 Å². The van der Waals surface area contributed by atoms with Gasteiger partial charge in [-0.25, -0.2) is 0 Å². The number of hydrogen-bond acceptors (Lipinski definition) is 10. The first-order chi connectivity index (χ1) is 25.7. The lowest BCUT2D eigenvalue weighted by molar-refractivity contribution is -0.154. The van der Waals surface area contributed by atoms with Crippen LogP contribution in [0.4, 0.5) is 36.4 Å². The fraction of sp³-hybridized carbons (Fsp3) is 0.270. The maximum atomic E-state index is 13.0. The Balaban J connectivity index is 1.03. The lowest BCUT2D eigenvalue weighted by atomic mass is 9.93. The lowest BCUT2D eigenvalue weighted by Gasteiger charge is -2.25. The Kier molecular flexibility index (Phi) is 10.8. The van der Waals surface area contributed by atoms with Gasteiger partial charge in [0.1, 0.15) is 0 Å². The number of nitrogens with zero attached hydrogens (tertiary/aromatic N) is 4. The molecule has 5 N–H and O–H groups in total. The molecular formula is C37H35ClF3N9O4. The summed E-state index contributed by atoms with van der Waals surface area (Å²) in [5, 5.41) is 15.6. The van der Waals surface area contributed by atoms with Crippen LogP contribution in [-0.2, 0) is 15.1 Å². The van der Waals surface area contributed by atoms with E-state index < -0.39 is 47.5 Å². The van der Waals surface area contributed by atoms with Crippen LogP contribution in [0, 0.1) is 5.41 Å². The number of ether oxygens (including phenoxy) is 1. The molecule has 1 aliphatic carbocycles. The van der Waals surface area contributed by atoms with Crippen molar-refractivity contribution >= 4 is 63.5 Å². The number of halogens is 4. The van der Waals surface area contributed by atoms with E-state index in [4.69, 9.17) is 16.3 Å². The number of nitrogens with one attached hydrogen (secondary N) is 5. The summed E-state index contributed by atoms with van der Waals surface area (Å²) >= 11 is 6.04. The van der Waals surface area contributed by atoms with Crippen molar-refractivity contribution in [1.29, 1.82) is 0 Å². The molecule has 1 fully saturated rings. The van der Waals surface area contributed by atoms with Crippen molar-refractivity contribution in [1.82, 2.24) is 30.6 Å². The summed E-state index contributed by atoms with van der Waals surface area (Å²) in [5.74, 6) is -2.13. The van der Waals surface area contributed by atoms with Crippen molar-refractivity contribution in [3.63, 3.8) is 0 Å². The monoisotopic (exact) mass is 761 g/mol. The topological polar surface area (TPSA) is 172 Å². The highest BCUT2D eigenvalue weighted by atomic mass is 35.5. The third-order valence-electron chi connectivity index (χ3n) is 8.41. The Hall–Kier alpha value is -6.03. The van der Waals surface area contributed by atoms with Crippen molar-refractivity contribution in [3.05, 3.63) is 101 Å². The second-order valence-electron chi connectivity index (χ2n) is 13.5. The predicted octanol–water partition coefficient (Wildman–Crippen LogP) is 6.37. The summed E-state index contributed by atoms with van der Waals surface area (Å²) in [6, 6.07) is 21.7. The number of rotatable bonds is 13. The molecule has 280 valence electrons. The van der Waals surface area contributed by atoms with Crippen LogP contribution >= 0.6 is 11.6 Å². The number of carbonyl (C=O) groups is 3. The van der Waals surface area contributed by atoms with E-state index >= 15 is 0 Å². The molecule has 0 spiro atoms. The number of alkyl halides is 3. The predicted molar refractivity (Wildman–Crippen MR) is 197 cm³/mol.